The number of phenols is 1. The Kier molecular flexibility index (Phi) is 6.97. The van der Waals surface area contributed by atoms with Gasteiger partial charge in [-0.1, -0.05) is 12.1 Å². The third-order valence-electron chi connectivity index (χ3n) is 5.70. The highest BCUT2D eigenvalue weighted by Gasteiger charge is 2.30. The van der Waals surface area contributed by atoms with Gasteiger partial charge in [-0.2, -0.15) is 18.2 Å². The van der Waals surface area contributed by atoms with E-state index in [2.05, 4.69) is 25.0 Å². The fraction of sp³-hybridized carbons (Fsp3) is 0.160. The average Bonchev–Trinajstić information content (AvgIpc) is 3.50. The monoisotopic (exact) mass is 558 g/mol. The van der Waals surface area contributed by atoms with E-state index in [1.807, 2.05) is 0 Å². The van der Waals surface area contributed by atoms with Crippen LogP contribution in [0.3, 0.4) is 0 Å². The van der Waals surface area contributed by atoms with Crippen LogP contribution in [0.5, 0.6) is 5.75 Å². The number of rotatable bonds is 9. The second-order valence-electron chi connectivity index (χ2n) is 8.38. The van der Waals surface area contributed by atoms with Gasteiger partial charge in [0.1, 0.15) is 23.4 Å². The summed E-state index contributed by atoms with van der Waals surface area (Å²) < 4.78 is 72.5. The lowest BCUT2D eigenvalue weighted by Gasteiger charge is -2.10. The predicted molar refractivity (Wildman–Crippen MR) is 135 cm³/mol. The fourth-order valence-electron chi connectivity index (χ4n) is 3.86. The van der Waals surface area contributed by atoms with Crippen LogP contribution in [0.1, 0.15) is 12.0 Å². The van der Waals surface area contributed by atoms with Crippen molar-refractivity contribution in [2.75, 3.05) is 18.4 Å². The van der Waals surface area contributed by atoms with E-state index in [9.17, 15) is 26.7 Å². The van der Waals surface area contributed by atoms with E-state index < -0.39 is 21.8 Å². The Morgan fingerprint density at radius 2 is 1.82 bits per heavy atom. The number of fused-ring (bicyclic) bond motifs is 1. The van der Waals surface area contributed by atoms with Crippen molar-refractivity contribution in [2.45, 2.75) is 17.5 Å². The van der Waals surface area contributed by atoms with E-state index in [1.54, 1.807) is 47.1 Å². The maximum atomic E-state index is 12.7. The van der Waals surface area contributed by atoms with Crippen molar-refractivity contribution in [1.82, 2.24) is 24.1 Å². The molecule has 39 heavy (non-hydrogen) atoms. The van der Waals surface area contributed by atoms with Gasteiger partial charge in [-0.15, -0.1) is 0 Å². The van der Waals surface area contributed by atoms with Gasteiger partial charge in [-0.25, -0.2) is 23.1 Å². The number of phenolic OH excluding ortho intramolecular Hbond substituents is 1. The Balaban J connectivity index is 1.24. The molecule has 0 bridgehead atoms. The molecule has 0 atom stereocenters. The number of hydrogen-bond donors (Lipinski definition) is 3. The first-order chi connectivity index (χ1) is 18.6. The second kappa shape index (κ2) is 10.4. The van der Waals surface area contributed by atoms with Crippen LogP contribution in [0.4, 0.5) is 19.1 Å². The number of aromatic nitrogens is 4. The summed E-state index contributed by atoms with van der Waals surface area (Å²) >= 11 is 0. The van der Waals surface area contributed by atoms with Crippen LogP contribution in [0, 0.1) is 0 Å². The third-order valence-corrected chi connectivity index (χ3v) is 7.18. The van der Waals surface area contributed by atoms with Crippen LogP contribution in [0.25, 0.3) is 28.5 Å². The minimum atomic E-state index is -4.55. The first kappa shape index (κ1) is 26.2. The summed E-state index contributed by atoms with van der Waals surface area (Å²) in [4.78, 5) is 13.0. The van der Waals surface area contributed by atoms with Gasteiger partial charge in [0.15, 0.2) is 0 Å². The standard InChI is InChI=1S/C25H21F3N6O4S/c26-25(27,28)17-5-7-19(8-6-17)39(36,37)31-11-2-10-29-23-30-12-9-20(32-23)22-21(16-3-1-4-18(35)15-16)33-24-34(22)13-14-38-24/h1,3-9,12-15,31,35H,2,10-11H2,(H,29,30,32). The molecule has 0 fully saturated rings. The molecule has 10 nitrogen and oxygen atoms in total. The average molecular weight is 559 g/mol. The number of halogens is 3. The molecule has 5 rings (SSSR count). The second-order valence-corrected chi connectivity index (χ2v) is 10.1. The Hall–Kier alpha value is -4.43. The SMILES string of the molecule is O=S(=O)(NCCCNc1nccc(-c2c(-c3cccc(O)c3)nc3occn23)n1)c1ccc(C(F)(F)F)cc1. The van der Waals surface area contributed by atoms with Gasteiger partial charge in [-0.05, 0) is 48.9 Å². The maximum absolute atomic E-state index is 12.7. The molecule has 0 spiro atoms. The van der Waals surface area contributed by atoms with Crippen molar-refractivity contribution in [2.24, 2.45) is 0 Å². The summed E-state index contributed by atoms with van der Waals surface area (Å²) in [6, 6.07) is 11.6. The number of nitrogens with zero attached hydrogens (tertiary/aromatic N) is 4. The van der Waals surface area contributed by atoms with E-state index in [-0.39, 0.29) is 17.2 Å². The fourth-order valence-corrected chi connectivity index (χ4v) is 4.94. The van der Waals surface area contributed by atoms with E-state index >= 15 is 0 Å². The molecule has 0 aliphatic heterocycles. The molecule has 0 saturated carbocycles. The van der Waals surface area contributed by atoms with E-state index in [1.165, 1.54) is 6.26 Å². The molecule has 2 aromatic carbocycles. The summed E-state index contributed by atoms with van der Waals surface area (Å²) in [6.07, 6.45) is 0.547. The van der Waals surface area contributed by atoms with Crippen LogP contribution in [0.15, 0.2) is 82.6 Å². The quantitative estimate of drug-likeness (QED) is 0.224. The summed E-state index contributed by atoms with van der Waals surface area (Å²) in [6.45, 7) is 0.349. The van der Waals surface area contributed by atoms with Crippen molar-refractivity contribution in [3.63, 3.8) is 0 Å². The zero-order chi connectivity index (χ0) is 27.6. The van der Waals surface area contributed by atoms with Gasteiger partial charge in [0, 0.05) is 31.0 Å². The minimum absolute atomic E-state index is 0.0377. The number of benzene rings is 2. The molecule has 0 amide bonds. The van der Waals surface area contributed by atoms with E-state index in [0.29, 0.717) is 47.4 Å². The molecule has 0 saturated heterocycles. The first-order valence-electron chi connectivity index (χ1n) is 11.6. The minimum Gasteiger partial charge on any atom is -0.508 e. The number of nitrogens with one attached hydrogen (secondary N) is 2. The maximum Gasteiger partial charge on any atom is 0.416 e. The lowest BCUT2D eigenvalue weighted by Crippen LogP contribution is -2.26. The molecular formula is C25H21F3N6O4S. The Labute approximate surface area is 220 Å². The zero-order valence-corrected chi connectivity index (χ0v) is 20.9. The van der Waals surface area contributed by atoms with Gasteiger partial charge in [0.25, 0.3) is 0 Å². The molecule has 14 heteroatoms. The number of sulfonamides is 1. The largest absolute Gasteiger partial charge is 0.508 e. The molecule has 3 heterocycles. The van der Waals surface area contributed by atoms with Crippen molar-refractivity contribution < 1.29 is 31.1 Å². The normalized spacial score (nSPS) is 12.2. The highest BCUT2D eigenvalue weighted by Crippen LogP contribution is 2.33. The van der Waals surface area contributed by atoms with Crippen LogP contribution in [-0.2, 0) is 16.2 Å². The number of anilines is 1. The van der Waals surface area contributed by atoms with Crippen molar-refractivity contribution in [3.05, 3.63) is 78.8 Å². The van der Waals surface area contributed by atoms with Gasteiger partial charge in [-0.3, -0.25) is 4.40 Å². The van der Waals surface area contributed by atoms with Crippen LogP contribution in [0.2, 0.25) is 0 Å². The number of aromatic hydroxyl groups is 1. The Morgan fingerprint density at radius 3 is 2.56 bits per heavy atom. The van der Waals surface area contributed by atoms with Crippen LogP contribution in [-0.4, -0.2) is 46.0 Å². The highest BCUT2D eigenvalue weighted by atomic mass is 32.2. The smallest absolute Gasteiger partial charge is 0.416 e. The molecule has 202 valence electrons. The van der Waals surface area contributed by atoms with E-state index in [0.717, 1.165) is 24.3 Å². The van der Waals surface area contributed by atoms with Gasteiger partial charge < -0.3 is 14.8 Å². The first-order valence-corrected chi connectivity index (χ1v) is 13.1. The van der Waals surface area contributed by atoms with Crippen LogP contribution < -0.4 is 10.0 Å². The molecule has 0 radical (unpaired) electrons. The molecule has 0 aliphatic carbocycles. The zero-order valence-electron chi connectivity index (χ0n) is 20.1. The predicted octanol–water partition coefficient (Wildman–Crippen LogP) is 4.56. The van der Waals surface area contributed by atoms with Crippen molar-refractivity contribution in [1.29, 1.82) is 0 Å². The third kappa shape index (κ3) is 5.71. The Bertz CT molecular complexity index is 1720. The lowest BCUT2D eigenvalue weighted by atomic mass is 10.1. The van der Waals surface area contributed by atoms with E-state index in [4.69, 9.17) is 4.42 Å². The lowest BCUT2D eigenvalue weighted by molar-refractivity contribution is -0.137. The number of alkyl halides is 3. The number of oxazole rings is 1. The van der Waals surface area contributed by atoms with Crippen molar-refractivity contribution >= 4 is 21.8 Å². The van der Waals surface area contributed by atoms with Gasteiger partial charge in [0.2, 0.25) is 16.0 Å². The molecule has 0 aliphatic rings. The topological polar surface area (TPSA) is 135 Å². The summed E-state index contributed by atoms with van der Waals surface area (Å²) in [5.74, 6) is 0.720. The van der Waals surface area contributed by atoms with Gasteiger partial charge >= 0.3 is 12.0 Å². The number of hydrogen-bond acceptors (Lipinski definition) is 8. The number of imidazole rings is 1. The summed E-state index contributed by atoms with van der Waals surface area (Å²) in [7, 11) is -3.97. The molecule has 5 aromatic rings. The molecule has 3 N–H and O–H groups in total. The Morgan fingerprint density at radius 1 is 1.03 bits per heavy atom. The molecule has 0 unspecified atom stereocenters. The van der Waals surface area contributed by atoms with Crippen LogP contribution >= 0.6 is 0 Å². The summed E-state index contributed by atoms with van der Waals surface area (Å²) in [5, 5.41) is 13.0. The van der Waals surface area contributed by atoms with Crippen molar-refractivity contribution in [3.8, 4) is 28.4 Å². The summed E-state index contributed by atoms with van der Waals surface area (Å²) in [5.41, 5.74) is 1.44. The highest BCUT2D eigenvalue weighted by molar-refractivity contribution is 7.89. The van der Waals surface area contributed by atoms with Gasteiger partial charge in [0.05, 0.1) is 16.2 Å². The molecule has 3 aromatic heterocycles. The molecular weight excluding hydrogens is 537 g/mol.